The van der Waals surface area contributed by atoms with Crippen LogP contribution >= 0.6 is 0 Å². The molecule has 6 nitrogen and oxygen atoms in total. The van der Waals surface area contributed by atoms with Crippen molar-refractivity contribution < 1.29 is 17.6 Å². The Kier molecular flexibility index (Phi) is 5.43. The maximum absolute atomic E-state index is 12.8. The van der Waals surface area contributed by atoms with Crippen molar-refractivity contribution in [1.82, 2.24) is 5.32 Å². The summed E-state index contributed by atoms with van der Waals surface area (Å²) in [5, 5.41) is 10.5. The zero-order valence-corrected chi connectivity index (χ0v) is 12.9. The topological polar surface area (TPSA) is 101 Å². The lowest BCUT2D eigenvalue weighted by Gasteiger charge is -2.07. The minimum atomic E-state index is -3.75. The Morgan fingerprint density at radius 1 is 1.04 bits per heavy atom. The zero-order valence-electron chi connectivity index (χ0n) is 12.1. The van der Waals surface area contributed by atoms with Crippen molar-refractivity contribution in [3.63, 3.8) is 0 Å². The summed E-state index contributed by atoms with van der Waals surface area (Å²) in [5.41, 5.74) is 1.32. The van der Waals surface area contributed by atoms with Crippen LogP contribution < -0.4 is 15.8 Å². The molecule has 0 aromatic heterocycles. The van der Waals surface area contributed by atoms with E-state index in [4.69, 9.17) is 5.14 Å². The Balaban J connectivity index is 1.81. The first-order chi connectivity index (χ1) is 10.8. The van der Waals surface area contributed by atoms with E-state index in [2.05, 4.69) is 10.6 Å². The van der Waals surface area contributed by atoms with Crippen molar-refractivity contribution in [1.29, 1.82) is 0 Å². The van der Waals surface area contributed by atoms with Gasteiger partial charge in [0.2, 0.25) is 15.9 Å². The third kappa shape index (κ3) is 5.44. The maximum Gasteiger partial charge on any atom is 0.238 e. The molecule has 0 radical (unpaired) electrons. The molecule has 0 spiro atoms. The van der Waals surface area contributed by atoms with Crippen molar-refractivity contribution in [3.05, 3.63) is 59.9 Å². The lowest BCUT2D eigenvalue weighted by atomic mass is 10.2. The van der Waals surface area contributed by atoms with Gasteiger partial charge in [-0.25, -0.2) is 17.9 Å². The summed E-state index contributed by atoms with van der Waals surface area (Å²) in [6.07, 6.45) is 0. The number of benzene rings is 2. The molecular formula is C15H16FN3O3S. The summed E-state index contributed by atoms with van der Waals surface area (Å²) < 4.78 is 35.0. The summed E-state index contributed by atoms with van der Waals surface area (Å²) in [6.45, 7) is 0.492. The van der Waals surface area contributed by atoms with E-state index in [0.717, 1.165) is 5.56 Å². The smallest absolute Gasteiger partial charge is 0.238 e. The van der Waals surface area contributed by atoms with Crippen molar-refractivity contribution in [2.24, 2.45) is 5.14 Å². The number of rotatable bonds is 6. The summed E-state index contributed by atoms with van der Waals surface area (Å²) in [5.74, 6) is -0.593. The Hall–Kier alpha value is -2.29. The molecular weight excluding hydrogens is 321 g/mol. The first-order valence-corrected chi connectivity index (χ1v) is 8.27. The van der Waals surface area contributed by atoms with Gasteiger partial charge in [-0.2, -0.15) is 0 Å². The molecule has 0 aliphatic carbocycles. The van der Waals surface area contributed by atoms with Crippen LogP contribution in [0.5, 0.6) is 0 Å². The van der Waals surface area contributed by atoms with Crippen LogP contribution in [0, 0.1) is 5.82 Å². The number of hydrogen-bond acceptors (Lipinski definition) is 4. The molecule has 0 atom stereocenters. The average Bonchev–Trinajstić information content (AvgIpc) is 2.49. The molecule has 0 heterocycles. The van der Waals surface area contributed by atoms with Crippen LogP contribution in [-0.4, -0.2) is 20.9 Å². The van der Waals surface area contributed by atoms with E-state index < -0.39 is 10.0 Å². The number of carbonyl (C=O) groups excluding carboxylic acids is 1. The minimum Gasteiger partial charge on any atom is -0.325 e. The third-order valence-corrected chi connectivity index (χ3v) is 3.92. The van der Waals surface area contributed by atoms with Gasteiger partial charge in [0.05, 0.1) is 11.4 Å². The number of amides is 1. The molecule has 4 N–H and O–H groups in total. The van der Waals surface area contributed by atoms with Gasteiger partial charge in [-0.3, -0.25) is 4.79 Å². The van der Waals surface area contributed by atoms with E-state index in [1.54, 1.807) is 12.1 Å². The second-order valence-corrected chi connectivity index (χ2v) is 6.41. The average molecular weight is 337 g/mol. The molecule has 0 fully saturated rings. The van der Waals surface area contributed by atoms with Gasteiger partial charge in [0, 0.05) is 12.2 Å². The number of hydrogen-bond donors (Lipinski definition) is 3. The second-order valence-electron chi connectivity index (χ2n) is 4.85. The highest BCUT2D eigenvalue weighted by atomic mass is 32.2. The van der Waals surface area contributed by atoms with Gasteiger partial charge in [-0.1, -0.05) is 12.1 Å². The van der Waals surface area contributed by atoms with Crippen LogP contribution in [0.2, 0.25) is 0 Å². The van der Waals surface area contributed by atoms with Crippen LogP contribution in [0.1, 0.15) is 5.56 Å². The van der Waals surface area contributed by atoms with Crippen LogP contribution in [0.4, 0.5) is 10.1 Å². The molecule has 0 saturated carbocycles. The number of nitrogens with two attached hydrogens (primary N) is 1. The predicted molar refractivity (Wildman–Crippen MR) is 84.6 cm³/mol. The highest BCUT2D eigenvalue weighted by molar-refractivity contribution is 7.89. The fourth-order valence-electron chi connectivity index (χ4n) is 1.86. The summed E-state index contributed by atoms with van der Waals surface area (Å²) >= 11 is 0. The molecule has 122 valence electrons. The lowest BCUT2D eigenvalue weighted by Crippen LogP contribution is -2.27. The molecule has 0 aliphatic heterocycles. The summed E-state index contributed by atoms with van der Waals surface area (Å²) in [4.78, 5) is 11.7. The SMILES string of the molecule is NS(=O)(=O)c1ccc(NC(=O)CNCc2ccc(F)cc2)cc1. The molecule has 1 amide bonds. The number of sulfonamides is 1. The van der Waals surface area contributed by atoms with Crippen molar-refractivity contribution >= 4 is 21.6 Å². The molecule has 2 aromatic rings. The molecule has 2 rings (SSSR count). The van der Waals surface area contributed by atoms with Crippen LogP contribution in [0.15, 0.2) is 53.4 Å². The molecule has 8 heteroatoms. The van der Waals surface area contributed by atoms with Gasteiger partial charge in [0.1, 0.15) is 5.82 Å². The first-order valence-electron chi connectivity index (χ1n) is 6.72. The van der Waals surface area contributed by atoms with E-state index in [0.29, 0.717) is 12.2 Å². The minimum absolute atomic E-state index is 0.0232. The van der Waals surface area contributed by atoms with E-state index in [9.17, 15) is 17.6 Å². The fraction of sp³-hybridized carbons (Fsp3) is 0.133. The first kappa shape index (κ1) is 17.1. The second kappa shape index (κ2) is 7.32. The summed E-state index contributed by atoms with van der Waals surface area (Å²) in [7, 11) is -3.75. The predicted octanol–water partition coefficient (Wildman–Crippen LogP) is 1.20. The maximum atomic E-state index is 12.8. The lowest BCUT2D eigenvalue weighted by molar-refractivity contribution is -0.115. The Bertz CT molecular complexity index is 775. The van der Waals surface area contributed by atoms with Gasteiger partial charge in [-0.15, -0.1) is 0 Å². The van der Waals surface area contributed by atoms with Crippen LogP contribution in [-0.2, 0) is 21.4 Å². The Morgan fingerprint density at radius 3 is 2.22 bits per heavy atom. The van der Waals surface area contributed by atoms with Crippen LogP contribution in [0.25, 0.3) is 0 Å². The monoisotopic (exact) mass is 337 g/mol. The van der Waals surface area contributed by atoms with Crippen molar-refractivity contribution in [2.75, 3.05) is 11.9 Å². The number of nitrogens with one attached hydrogen (secondary N) is 2. The van der Waals surface area contributed by atoms with E-state index in [1.165, 1.54) is 36.4 Å². The number of primary sulfonamides is 1. The fourth-order valence-corrected chi connectivity index (χ4v) is 2.37. The van der Waals surface area contributed by atoms with Gasteiger partial charge in [-0.05, 0) is 42.0 Å². The molecule has 23 heavy (non-hydrogen) atoms. The molecule has 2 aromatic carbocycles. The highest BCUT2D eigenvalue weighted by Crippen LogP contribution is 2.12. The van der Waals surface area contributed by atoms with Gasteiger partial charge >= 0.3 is 0 Å². The third-order valence-electron chi connectivity index (χ3n) is 2.99. The van der Waals surface area contributed by atoms with Gasteiger partial charge in [0.25, 0.3) is 0 Å². The number of carbonyl (C=O) groups is 1. The van der Waals surface area contributed by atoms with Gasteiger partial charge in [0.15, 0.2) is 0 Å². The summed E-state index contributed by atoms with van der Waals surface area (Å²) in [6, 6.07) is 11.5. The normalized spacial score (nSPS) is 11.2. The zero-order chi connectivity index (χ0) is 16.9. The Morgan fingerprint density at radius 2 is 1.65 bits per heavy atom. The van der Waals surface area contributed by atoms with E-state index in [-0.39, 0.29) is 23.2 Å². The molecule has 0 saturated heterocycles. The standard InChI is InChI=1S/C15H16FN3O3S/c16-12-3-1-11(2-4-12)9-18-10-15(20)19-13-5-7-14(8-6-13)23(17,21)22/h1-8,18H,9-10H2,(H,19,20)(H2,17,21,22). The quantitative estimate of drug-likeness (QED) is 0.737. The van der Waals surface area contributed by atoms with Crippen molar-refractivity contribution in [2.45, 2.75) is 11.4 Å². The van der Waals surface area contributed by atoms with Crippen molar-refractivity contribution in [3.8, 4) is 0 Å². The molecule has 0 bridgehead atoms. The molecule has 0 aliphatic rings. The highest BCUT2D eigenvalue weighted by Gasteiger charge is 2.08. The van der Waals surface area contributed by atoms with Gasteiger partial charge < -0.3 is 10.6 Å². The Labute approximate surface area is 133 Å². The van der Waals surface area contributed by atoms with E-state index in [1.807, 2.05) is 0 Å². The van der Waals surface area contributed by atoms with Crippen LogP contribution in [0.3, 0.4) is 0 Å². The number of halogens is 1. The largest absolute Gasteiger partial charge is 0.325 e. The number of anilines is 1. The molecule has 0 unspecified atom stereocenters. The van der Waals surface area contributed by atoms with E-state index >= 15 is 0 Å².